The molecule has 2 unspecified atom stereocenters. The van der Waals surface area contributed by atoms with Crippen LogP contribution in [-0.4, -0.2) is 10.8 Å². The summed E-state index contributed by atoms with van der Waals surface area (Å²) in [6, 6.07) is 0. The van der Waals surface area contributed by atoms with Crippen LogP contribution in [0.5, 0.6) is 0 Å². The molecule has 3 nitrogen and oxygen atoms in total. The highest BCUT2D eigenvalue weighted by Gasteiger charge is 2.21. The fraction of sp³-hybridized carbons (Fsp3) is 0.471. The smallest absolute Gasteiger partial charge is 0.111 e. The van der Waals surface area contributed by atoms with Crippen molar-refractivity contribution < 1.29 is 5.11 Å². The molecule has 0 heterocycles. The Labute approximate surface area is 122 Å². The molecule has 0 amide bonds. The Bertz CT molecular complexity index is 481. The molecule has 1 aliphatic rings. The lowest BCUT2D eigenvalue weighted by Gasteiger charge is -2.26. The van der Waals surface area contributed by atoms with Gasteiger partial charge in [-0.15, -0.1) is 0 Å². The Morgan fingerprint density at radius 2 is 2.10 bits per heavy atom. The van der Waals surface area contributed by atoms with Gasteiger partial charge in [0.05, 0.1) is 0 Å². The summed E-state index contributed by atoms with van der Waals surface area (Å²) in [5.41, 5.74) is 8.38. The summed E-state index contributed by atoms with van der Waals surface area (Å²) in [6.07, 6.45) is 9.73. The molecule has 0 bridgehead atoms. The van der Waals surface area contributed by atoms with Gasteiger partial charge in [-0.3, -0.25) is 0 Å². The summed E-state index contributed by atoms with van der Waals surface area (Å²) < 4.78 is 0. The van der Waals surface area contributed by atoms with Crippen molar-refractivity contribution in [1.29, 1.82) is 5.41 Å². The number of aliphatic hydroxyl groups is 1. The molecule has 0 aliphatic heterocycles. The van der Waals surface area contributed by atoms with E-state index in [9.17, 15) is 5.11 Å². The standard InChI is InChI=1S/C17H26N2O/c1-11(2)7-16(20)6-5-14(18)10-17-12(3)8-15(19)9-13(17)4/h5-9,11-12,17-18,20H,10,19H2,1-4H3/b6-5-,16-7-,18-14?. The summed E-state index contributed by atoms with van der Waals surface area (Å²) in [7, 11) is 0. The van der Waals surface area contributed by atoms with E-state index in [0.29, 0.717) is 29.9 Å². The maximum atomic E-state index is 9.65. The summed E-state index contributed by atoms with van der Waals surface area (Å²) in [5.74, 6) is 1.17. The third-order valence-electron chi connectivity index (χ3n) is 3.47. The van der Waals surface area contributed by atoms with E-state index in [4.69, 9.17) is 11.1 Å². The van der Waals surface area contributed by atoms with Gasteiger partial charge in [0.2, 0.25) is 0 Å². The van der Waals surface area contributed by atoms with Crippen LogP contribution in [0.4, 0.5) is 0 Å². The van der Waals surface area contributed by atoms with Gasteiger partial charge < -0.3 is 16.2 Å². The van der Waals surface area contributed by atoms with E-state index in [2.05, 4.69) is 13.8 Å². The van der Waals surface area contributed by atoms with Crippen molar-refractivity contribution in [3.05, 3.63) is 47.4 Å². The largest absolute Gasteiger partial charge is 0.508 e. The molecule has 0 aromatic heterocycles. The first-order chi connectivity index (χ1) is 9.29. The highest BCUT2D eigenvalue weighted by molar-refractivity contribution is 5.93. The van der Waals surface area contributed by atoms with Crippen molar-refractivity contribution in [1.82, 2.24) is 0 Å². The van der Waals surface area contributed by atoms with Crippen molar-refractivity contribution in [2.24, 2.45) is 23.5 Å². The van der Waals surface area contributed by atoms with Gasteiger partial charge in [0, 0.05) is 11.4 Å². The van der Waals surface area contributed by atoms with Gasteiger partial charge in [0.15, 0.2) is 0 Å². The summed E-state index contributed by atoms with van der Waals surface area (Å²) in [4.78, 5) is 0. The lowest BCUT2D eigenvalue weighted by atomic mass is 9.80. The van der Waals surface area contributed by atoms with Gasteiger partial charge >= 0.3 is 0 Å². The minimum atomic E-state index is 0.220. The Hall–Kier alpha value is -1.77. The van der Waals surface area contributed by atoms with Crippen molar-refractivity contribution >= 4 is 5.71 Å². The second-order valence-electron chi connectivity index (χ2n) is 5.92. The van der Waals surface area contributed by atoms with E-state index in [1.165, 1.54) is 5.57 Å². The first kappa shape index (κ1) is 16.3. The van der Waals surface area contributed by atoms with Crippen LogP contribution in [0.1, 0.15) is 34.1 Å². The zero-order chi connectivity index (χ0) is 15.3. The summed E-state index contributed by atoms with van der Waals surface area (Å²) in [5, 5.41) is 17.7. The summed E-state index contributed by atoms with van der Waals surface area (Å²) >= 11 is 0. The molecule has 0 spiro atoms. The average molecular weight is 274 g/mol. The Balaban J connectivity index is 2.64. The number of nitrogens with one attached hydrogen (secondary N) is 1. The van der Waals surface area contributed by atoms with Gasteiger partial charge in [-0.1, -0.05) is 32.4 Å². The highest BCUT2D eigenvalue weighted by atomic mass is 16.3. The number of nitrogens with two attached hydrogens (primary N) is 1. The number of aliphatic hydroxyl groups excluding tert-OH is 1. The average Bonchev–Trinajstić information content (AvgIpc) is 2.30. The second kappa shape index (κ2) is 7.13. The van der Waals surface area contributed by atoms with E-state index in [0.717, 1.165) is 5.70 Å². The van der Waals surface area contributed by atoms with Crippen molar-refractivity contribution in [2.75, 3.05) is 0 Å². The molecule has 0 aromatic carbocycles. The zero-order valence-electron chi connectivity index (χ0n) is 12.9. The lowest BCUT2D eigenvalue weighted by molar-refractivity contribution is 0.426. The number of rotatable bonds is 5. The molecule has 1 rings (SSSR count). The topological polar surface area (TPSA) is 70.1 Å². The van der Waals surface area contributed by atoms with Crippen LogP contribution in [-0.2, 0) is 0 Å². The van der Waals surface area contributed by atoms with Gasteiger partial charge in [0.25, 0.3) is 0 Å². The van der Waals surface area contributed by atoms with E-state index < -0.39 is 0 Å². The van der Waals surface area contributed by atoms with Crippen LogP contribution < -0.4 is 5.73 Å². The lowest BCUT2D eigenvalue weighted by Crippen LogP contribution is -2.20. The molecular formula is C17H26N2O. The van der Waals surface area contributed by atoms with Gasteiger partial charge in [0.1, 0.15) is 5.76 Å². The minimum Gasteiger partial charge on any atom is -0.508 e. The molecule has 3 heteroatoms. The van der Waals surface area contributed by atoms with E-state index in [-0.39, 0.29) is 5.76 Å². The normalized spacial score (nSPS) is 23.9. The Kier molecular flexibility index (Phi) is 5.81. The van der Waals surface area contributed by atoms with Gasteiger partial charge in [-0.05, 0) is 55.4 Å². The zero-order valence-corrected chi connectivity index (χ0v) is 12.9. The number of allylic oxidation sites excluding steroid dienone is 6. The highest BCUT2D eigenvalue weighted by Crippen LogP contribution is 2.30. The molecule has 0 saturated carbocycles. The van der Waals surface area contributed by atoms with Crippen molar-refractivity contribution in [3.8, 4) is 0 Å². The van der Waals surface area contributed by atoms with Gasteiger partial charge in [-0.2, -0.15) is 0 Å². The molecule has 0 aromatic rings. The first-order valence-electron chi connectivity index (χ1n) is 7.11. The molecule has 20 heavy (non-hydrogen) atoms. The molecule has 0 radical (unpaired) electrons. The predicted octanol–water partition coefficient (Wildman–Crippen LogP) is 4.11. The monoisotopic (exact) mass is 274 g/mol. The minimum absolute atomic E-state index is 0.220. The third-order valence-corrected chi connectivity index (χ3v) is 3.47. The molecule has 110 valence electrons. The Morgan fingerprint density at radius 3 is 2.65 bits per heavy atom. The van der Waals surface area contributed by atoms with Crippen LogP contribution in [0.3, 0.4) is 0 Å². The van der Waals surface area contributed by atoms with Crippen molar-refractivity contribution in [3.63, 3.8) is 0 Å². The molecular weight excluding hydrogens is 248 g/mol. The second-order valence-corrected chi connectivity index (χ2v) is 5.92. The van der Waals surface area contributed by atoms with Crippen LogP contribution in [0.15, 0.2) is 47.4 Å². The first-order valence-corrected chi connectivity index (χ1v) is 7.11. The van der Waals surface area contributed by atoms with Crippen LogP contribution in [0.25, 0.3) is 0 Å². The maximum Gasteiger partial charge on any atom is 0.111 e. The van der Waals surface area contributed by atoms with Crippen LogP contribution in [0, 0.1) is 23.2 Å². The molecule has 0 saturated heterocycles. The van der Waals surface area contributed by atoms with Crippen LogP contribution in [0.2, 0.25) is 0 Å². The van der Waals surface area contributed by atoms with E-state index in [1.807, 2.05) is 26.0 Å². The fourth-order valence-electron chi connectivity index (χ4n) is 2.49. The molecule has 0 fully saturated rings. The summed E-state index contributed by atoms with van der Waals surface area (Å²) in [6.45, 7) is 8.20. The fourth-order valence-corrected chi connectivity index (χ4v) is 2.49. The quantitative estimate of drug-likeness (QED) is 0.401. The molecule has 2 atom stereocenters. The van der Waals surface area contributed by atoms with E-state index >= 15 is 0 Å². The molecule has 1 aliphatic carbocycles. The van der Waals surface area contributed by atoms with Crippen LogP contribution >= 0.6 is 0 Å². The predicted molar refractivity (Wildman–Crippen MR) is 85.7 cm³/mol. The number of hydrogen-bond acceptors (Lipinski definition) is 3. The SMILES string of the molecule is CC1=CC(N)=CC(C)C1CC(=N)/C=C\C(O)=C\C(C)C. The third kappa shape index (κ3) is 5.08. The van der Waals surface area contributed by atoms with Gasteiger partial charge in [-0.25, -0.2) is 0 Å². The Morgan fingerprint density at radius 1 is 1.45 bits per heavy atom. The maximum absolute atomic E-state index is 9.65. The van der Waals surface area contributed by atoms with E-state index in [1.54, 1.807) is 18.2 Å². The molecule has 4 N–H and O–H groups in total. The number of hydrogen-bond donors (Lipinski definition) is 3. The van der Waals surface area contributed by atoms with Crippen molar-refractivity contribution in [2.45, 2.75) is 34.1 Å².